The van der Waals surface area contributed by atoms with Crippen LogP contribution in [0.25, 0.3) is 10.9 Å². The van der Waals surface area contributed by atoms with E-state index in [1.165, 1.54) is 0 Å². The highest BCUT2D eigenvalue weighted by atomic mass is 19.2. The van der Waals surface area contributed by atoms with Crippen LogP contribution in [0.15, 0.2) is 24.4 Å². The molecular formula is C11H11F2NO. The molecule has 2 aromatic rings. The number of halogens is 2. The molecule has 1 N–H and O–H groups in total. The molecule has 2 rings (SSSR count). The molecule has 0 aliphatic heterocycles. The van der Waals surface area contributed by atoms with Crippen molar-refractivity contribution in [2.75, 3.05) is 0 Å². The minimum absolute atomic E-state index is 0.370. The van der Waals surface area contributed by atoms with Crippen LogP contribution in [-0.2, 0) is 6.54 Å². The number of hydrogen-bond acceptors (Lipinski definition) is 1. The van der Waals surface area contributed by atoms with Crippen molar-refractivity contribution in [2.24, 2.45) is 0 Å². The minimum atomic E-state index is -0.868. The Balaban J connectivity index is 2.54. The number of nitrogens with zero attached hydrogens (tertiary/aromatic N) is 1. The Hall–Kier alpha value is -1.42. The van der Waals surface area contributed by atoms with Crippen LogP contribution >= 0.6 is 0 Å². The summed E-state index contributed by atoms with van der Waals surface area (Å²) in [6.07, 6.45) is 1.18. The summed E-state index contributed by atoms with van der Waals surface area (Å²) in [5.41, 5.74) is 0.592. The van der Waals surface area contributed by atoms with Gasteiger partial charge in [0.1, 0.15) is 0 Å². The van der Waals surface area contributed by atoms with Crippen molar-refractivity contribution in [2.45, 2.75) is 19.6 Å². The average Bonchev–Trinajstić information content (AvgIpc) is 2.49. The molecule has 0 saturated heterocycles. The monoisotopic (exact) mass is 211 g/mol. The van der Waals surface area contributed by atoms with Crippen LogP contribution in [0.4, 0.5) is 8.78 Å². The molecule has 1 atom stereocenters. The average molecular weight is 211 g/mol. The van der Waals surface area contributed by atoms with Gasteiger partial charge in [0.05, 0.1) is 11.6 Å². The van der Waals surface area contributed by atoms with E-state index in [4.69, 9.17) is 0 Å². The summed E-state index contributed by atoms with van der Waals surface area (Å²) >= 11 is 0. The van der Waals surface area contributed by atoms with E-state index >= 15 is 0 Å². The molecule has 0 saturated carbocycles. The van der Waals surface area contributed by atoms with E-state index in [-0.39, 0.29) is 0 Å². The van der Waals surface area contributed by atoms with Crippen molar-refractivity contribution in [3.63, 3.8) is 0 Å². The maximum atomic E-state index is 13.0. The van der Waals surface area contributed by atoms with Gasteiger partial charge in [0.2, 0.25) is 0 Å². The molecule has 0 aliphatic carbocycles. The van der Waals surface area contributed by atoms with E-state index in [9.17, 15) is 13.9 Å². The summed E-state index contributed by atoms with van der Waals surface area (Å²) in [4.78, 5) is 0. The molecule has 0 radical (unpaired) electrons. The van der Waals surface area contributed by atoms with Gasteiger partial charge < -0.3 is 9.67 Å². The lowest BCUT2D eigenvalue weighted by Gasteiger charge is -2.07. The number of aliphatic hydroxyl groups excluding tert-OH is 1. The van der Waals surface area contributed by atoms with Crippen LogP contribution in [0.5, 0.6) is 0 Å². The lowest BCUT2D eigenvalue weighted by atomic mass is 10.2. The van der Waals surface area contributed by atoms with Crippen LogP contribution < -0.4 is 0 Å². The van der Waals surface area contributed by atoms with Crippen molar-refractivity contribution in [3.05, 3.63) is 36.0 Å². The zero-order valence-corrected chi connectivity index (χ0v) is 8.24. The van der Waals surface area contributed by atoms with Crippen molar-refractivity contribution in [3.8, 4) is 0 Å². The molecule has 0 fully saturated rings. The smallest absolute Gasteiger partial charge is 0.160 e. The van der Waals surface area contributed by atoms with Crippen LogP contribution in [0.1, 0.15) is 6.92 Å². The number of aromatic nitrogens is 1. The van der Waals surface area contributed by atoms with Crippen LogP contribution in [0.3, 0.4) is 0 Å². The predicted octanol–water partition coefficient (Wildman–Crippen LogP) is 2.30. The van der Waals surface area contributed by atoms with Crippen LogP contribution in [-0.4, -0.2) is 15.8 Å². The van der Waals surface area contributed by atoms with E-state index < -0.39 is 17.7 Å². The van der Waals surface area contributed by atoms with E-state index in [1.807, 2.05) is 0 Å². The fourth-order valence-corrected chi connectivity index (χ4v) is 1.63. The van der Waals surface area contributed by atoms with Crippen LogP contribution in [0, 0.1) is 11.6 Å². The fraction of sp³-hybridized carbons (Fsp3) is 0.273. The maximum absolute atomic E-state index is 13.0. The summed E-state index contributed by atoms with van der Waals surface area (Å²) in [5.74, 6) is -1.72. The number of rotatable bonds is 2. The maximum Gasteiger partial charge on any atom is 0.160 e. The molecule has 0 bridgehead atoms. The van der Waals surface area contributed by atoms with Gasteiger partial charge in [-0.25, -0.2) is 8.78 Å². The molecule has 2 nitrogen and oxygen atoms in total. The normalized spacial score (nSPS) is 13.3. The predicted molar refractivity (Wildman–Crippen MR) is 53.5 cm³/mol. The Bertz CT molecular complexity index is 491. The summed E-state index contributed by atoms with van der Waals surface area (Å²) < 4.78 is 27.6. The molecule has 0 spiro atoms. The molecule has 15 heavy (non-hydrogen) atoms. The first kappa shape index (κ1) is 10.1. The summed E-state index contributed by atoms with van der Waals surface area (Å²) in [5, 5.41) is 9.85. The summed E-state index contributed by atoms with van der Waals surface area (Å²) in [6.45, 7) is 2.01. The molecule has 1 aromatic carbocycles. The molecule has 0 amide bonds. The largest absolute Gasteiger partial charge is 0.392 e. The van der Waals surface area contributed by atoms with E-state index in [1.54, 1.807) is 23.8 Å². The van der Waals surface area contributed by atoms with Gasteiger partial charge in [0, 0.05) is 24.2 Å². The second kappa shape index (κ2) is 3.62. The summed E-state index contributed by atoms with van der Waals surface area (Å²) in [7, 11) is 0. The quantitative estimate of drug-likeness (QED) is 0.810. The highest BCUT2D eigenvalue weighted by Gasteiger charge is 2.08. The van der Waals surface area contributed by atoms with Gasteiger partial charge in [-0.3, -0.25) is 0 Å². The highest BCUT2D eigenvalue weighted by molar-refractivity contribution is 5.80. The summed E-state index contributed by atoms with van der Waals surface area (Å²) in [6, 6.07) is 4.00. The SMILES string of the molecule is C[C@@H](O)Cn1ccc2cc(F)c(F)cc21. The minimum Gasteiger partial charge on any atom is -0.392 e. The standard InChI is InChI=1S/C11H11F2NO/c1-7(15)6-14-3-2-8-4-9(12)10(13)5-11(8)14/h2-5,7,15H,6H2,1H3/t7-/m1/s1. The Morgan fingerprint density at radius 3 is 2.67 bits per heavy atom. The zero-order valence-electron chi connectivity index (χ0n) is 8.24. The number of fused-ring (bicyclic) bond motifs is 1. The first-order valence-electron chi connectivity index (χ1n) is 4.70. The third kappa shape index (κ3) is 1.85. The van der Waals surface area contributed by atoms with Gasteiger partial charge in [-0.2, -0.15) is 0 Å². The molecule has 1 aromatic heterocycles. The van der Waals surface area contributed by atoms with E-state index in [0.717, 1.165) is 12.1 Å². The third-order valence-electron chi connectivity index (χ3n) is 2.27. The Morgan fingerprint density at radius 1 is 1.33 bits per heavy atom. The number of hydrogen-bond donors (Lipinski definition) is 1. The number of aliphatic hydroxyl groups is 1. The topological polar surface area (TPSA) is 25.2 Å². The fourth-order valence-electron chi connectivity index (χ4n) is 1.63. The molecule has 0 aliphatic rings. The zero-order chi connectivity index (χ0) is 11.0. The number of benzene rings is 1. The Kier molecular flexibility index (Phi) is 2.44. The van der Waals surface area contributed by atoms with E-state index in [0.29, 0.717) is 17.4 Å². The van der Waals surface area contributed by atoms with Gasteiger partial charge in [-0.1, -0.05) is 0 Å². The highest BCUT2D eigenvalue weighted by Crippen LogP contribution is 2.19. The van der Waals surface area contributed by atoms with Crippen molar-refractivity contribution in [1.29, 1.82) is 0 Å². The molecule has 1 heterocycles. The second-order valence-electron chi connectivity index (χ2n) is 3.64. The van der Waals surface area contributed by atoms with E-state index in [2.05, 4.69) is 0 Å². The Labute approximate surface area is 85.8 Å². The van der Waals surface area contributed by atoms with Gasteiger partial charge in [-0.15, -0.1) is 0 Å². The molecular weight excluding hydrogens is 200 g/mol. The molecule has 0 unspecified atom stereocenters. The first-order chi connectivity index (χ1) is 7.08. The molecule has 80 valence electrons. The van der Waals surface area contributed by atoms with Gasteiger partial charge in [0.15, 0.2) is 11.6 Å². The van der Waals surface area contributed by atoms with Crippen LogP contribution in [0.2, 0.25) is 0 Å². The second-order valence-corrected chi connectivity index (χ2v) is 3.64. The molecule has 4 heteroatoms. The van der Waals surface area contributed by atoms with Gasteiger partial charge >= 0.3 is 0 Å². The van der Waals surface area contributed by atoms with Crippen molar-refractivity contribution in [1.82, 2.24) is 4.57 Å². The lowest BCUT2D eigenvalue weighted by molar-refractivity contribution is 0.175. The van der Waals surface area contributed by atoms with Gasteiger partial charge in [0.25, 0.3) is 0 Å². The van der Waals surface area contributed by atoms with Gasteiger partial charge in [-0.05, 0) is 19.1 Å². The van der Waals surface area contributed by atoms with Crippen molar-refractivity contribution >= 4 is 10.9 Å². The lowest BCUT2D eigenvalue weighted by Crippen LogP contribution is -2.10. The first-order valence-corrected chi connectivity index (χ1v) is 4.70. The Morgan fingerprint density at radius 2 is 2.00 bits per heavy atom. The van der Waals surface area contributed by atoms with Crippen molar-refractivity contribution < 1.29 is 13.9 Å². The third-order valence-corrected chi connectivity index (χ3v) is 2.27.